The Morgan fingerprint density at radius 2 is 1.70 bits per heavy atom. The van der Waals surface area contributed by atoms with Crippen LogP contribution in [0, 0.1) is 10.1 Å². The molecule has 7 rings (SSSR count). The van der Waals surface area contributed by atoms with Crippen LogP contribution in [0.2, 0.25) is 5.02 Å². The summed E-state index contributed by atoms with van der Waals surface area (Å²) < 4.78 is 17.0. The van der Waals surface area contributed by atoms with E-state index in [0.29, 0.717) is 18.5 Å². The van der Waals surface area contributed by atoms with Crippen LogP contribution in [0.4, 0.5) is 5.69 Å². The molecule has 0 saturated heterocycles. The minimum absolute atomic E-state index is 0.00166. The molecule has 0 spiro atoms. The molecule has 1 N–H and O–H groups in total. The predicted molar refractivity (Wildman–Crippen MR) is 177 cm³/mol. The Kier molecular flexibility index (Phi) is 7.46. The number of fused-ring (bicyclic) bond motifs is 4. The third-order valence-electron chi connectivity index (χ3n) is 8.46. The smallest absolute Gasteiger partial charge is 0.313 e. The number of carbonyl (C=O) groups excluding carboxylic acids is 1. The number of carbonyl (C=O) groups is 1. The van der Waals surface area contributed by atoms with Gasteiger partial charge < -0.3 is 24.1 Å². The first-order valence-corrected chi connectivity index (χ1v) is 15.0. The molecule has 0 aliphatic carbocycles. The highest BCUT2D eigenvalue weighted by Gasteiger charge is 2.36. The average Bonchev–Trinajstić information content (AvgIpc) is 3.46. The molecule has 1 unspecified atom stereocenters. The fourth-order valence-electron chi connectivity index (χ4n) is 6.31. The molecule has 10 heteroatoms. The number of hydrogen-bond acceptors (Lipinski definition) is 6. The van der Waals surface area contributed by atoms with Crippen LogP contribution in [0.5, 0.6) is 23.0 Å². The molecule has 0 saturated carbocycles. The van der Waals surface area contributed by atoms with Crippen molar-refractivity contribution in [3.8, 4) is 23.0 Å². The highest BCUT2D eigenvalue weighted by molar-refractivity contribution is 6.30. The van der Waals surface area contributed by atoms with Crippen molar-refractivity contribution in [2.24, 2.45) is 0 Å². The lowest BCUT2D eigenvalue weighted by molar-refractivity contribution is -0.385. The molecule has 1 aromatic heterocycles. The maximum atomic E-state index is 14.5. The number of aromatic nitrogens is 1. The van der Waals surface area contributed by atoms with Gasteiger partial charge in [-0.2, -0.15) is 0 Å². The number of aromatic amines is 1. The summed E-state index contributed by atoms with van der Waals surface area (Å²) in [6.45, 7) is 0.474. The van der Waals surface area contributed by atoms with Gasteiger partial charge in [-0.15, -0.1) is 0 Å². The van der Waals surface area contributed by atoms with Crippen LogP contribution in [0.3, 0.4) is 0 Å². The zero-order chi connectivity index (χ0) is 31.9. The molecule has 1 aliphatic heterocycles. The number of halogens is 1. The molecular formula is C36H28ClN3O6. The fraction of sp³-hybridized carbons (Fsp3) is 0.139. The summed E-state index contributed by atoms with van der Waals surface area (Å²) in [5.41, 5.74) is 4.20. The SMILES string of the molecule is COc1ccc2[nH]c3c(c2c1)CCN(C(=O)c1ccc(Oc2ccc(Cl)cc2[N+](=O)[O-])c(OC)c1)C3c1cccc2ccccc12. The van der Waals surface area contributed by atoms with Crippen molar-refractivity contribution in [1.82, 2.24) is 9.88 Å². The van der Waals surface area contributed by atoms with E-state index in [2.05, 4.69) is 29.2 Å². The van der Waals surface area contributed by atoms with Gasteiger partial charge in [0.15, 0.2) is 11.5 Å². The number of nitro benzene ring substituents is 1. The highest BCUT2D eigenvalue weighted by Crippen LogP contribution is 2.43. The minimum Gasteiger partial charge on any atom is -0.497 e. The number of amides is 1. The lowest BCUT2D eigenvalue weighted by Gasteiger charge is -2.37. The monoisotopic (exact) mass is 633 g/mol. The van der Waals surface area contributed by atoms with Crippen molar-refractivity contribution in [3.05, 3.63) is 135 Å². The van der Waals surface area contributed by atoms with Crippen molar-refractivity contribution in [2.45, 2.75) is 12.5 Å². The lowest BCUT2D eigenvalue weighted by Crippen LogP contribution is -2.40. The maximum absolute atomic E-state index is 14.5. The Morgan fingerprint density at radius 1 is 0.891 bits per heavy atom. The fourth-order valence-corrected chi connectivity index (χ4v) is 6.48. The van der Waals surface area contributed by atoms with E-state index in [1.807, 2.05) is 41.3 Å². The van der Waals surface area contributed by atoms with Crippen molar-refractivity contribution >= 4 is 44.9 Å². The Hall–Kier alpha value is -5.54. The summed E-state index contributed by atoms with van der Waals surface area (Å²) in [6.07, 6.45) is 0.647. The van der Waals surface area contributed by atoms with E-state index in [0.717, 1.165) is 44.2 Å². The lowest BCUT2D eigenvalue weighted by atomic mass is 9.89. The van der Waals surface area contributed by atoms with E-state index < -0.39 is 11.0 Å². The largest absolute Gasteiger partial charge is 0.497 e. The van der Waals surface area contributed by atoms with Crippen LogP contribution < -0.4 is 14.2 Å². The molecule has 1 amide bonds. The Morgan fingerprint density at radius 3 is 2.50 bits per heavy atom. The van der Waals surface area contributed by atoms with Crippen LogP contribution in [0.25, 0.3) is 21.7 Å². The molecular weight excluding hydrogens is 606 g/mol. The Balaban J connectivity index is 1.31. The molecule has 46 heavy (non-hydrogen) atoms. The van der Waals surface area contributed by atoms with E-state index >= 15 is 0 Å². The number of H-pyrrole nitrogens is 1. The summed E-state index contributed by atoms with van der Waals surface area (Å²) in [6, 6.07) is 28.9. The van der Waals surface area contributed by atoms with Gasteiger partial charge in [0.1, 0.15) is 5.75 Å². The summed E-state index contributed by atoms with van der Waals surface area (Å²) >= 11 is 5.97. The van der Waals surface area contributed by atoms with Gasteiger partial charge in [0.2, 0.25) is 5.75 Å². The molecule has 5 aromatic carbocycles. The normalized spacial score (nSPS) is 14.2. The molecule has 1 aliphatic rings. The molecule has 230 valence electrons. The van der Waals surface area contributed by atoms with Crippen molar-refractivity contribution in [1.29, 1.82) is 0 Å². The van der Waals surface area contributed by atoms with E-state index in [-0.39, 0.29) is 33.9 Å². The maximum Gasteiger partial charge on any atom is 0.313 e. The van der Waals surface area contributed by atoms with Gasteiger partial charge in [0.25, 0.3) is 5.91 Å². The van der Waals surface area contributed by atoms with E-state index in [9.17, 15) is 14.9 Å². The Labute approximate surface area is 269 Å². The van der Waals surface area contributed by atoms with Crippen LogP contribution in [0.1, 0.15) is 33.2 Å². The van der Waals surface area contributed by atoms with Crippen LogP contribution in [0.15, 0.2) is 97.1 Å². The number of benzene rings is 5. The quantitative estimate of drug-likeness (QED) is 0.140. The number of methoxy groups -OCH3 is 2. The summed E-state index contributed by atoms with van der Waals surface area (Å²) in [4.78, 5) is 31.0. The van der Waals surface area contributed by atoms with Crippen LogP contribution in [-0.4, -0.2) is 41.5 Å². The zero-order valence-corrected chi connectivity index (χ0v) is 25.7. The van der Waals surface area contributed by atoms with Gasteiger partial charge in [0.05, 0.1) is 25.2 Å². The first kappa shape index (κ1) is 29.2. The van der Waals surface area contributed by atoms with Gasteiger partial charge in [-0.25, -0.2) is 0 Å². The second-order valence-corrected chi connectivity index (χ2v) is 11.4. The highest BCUT2D eigenvalue weighted by atomic mass is 35.5. The number of nitrogens with one attached hydrogen (secondary N) is 1. The van der Waals surface area contributed by atoms with E-state index in [1.54, 1.807) is 25.3 Å². The van der Waals surface area contributed by atoms with Gasteiger partial charge in [-0.1, -0.05) is 54.1 Å². The van der Waals surface area contributed by atoms with Crippen molar-refractivity contribution in [2.75, 3.05) is 20.8 Å². The molecule has 2 heterocycles. The summed E-state index contributed by atoms with van der Waals surface area (Å²) in [5, 5.41) is 15.0. The van der Waals surface area contributed by atoms with Crippen LogP contribution in [-0.2, 0) is 6.42 Å². The van der Waals surface area contributed by atoms with E-state index in [1.165, 1.54) is 25.3 Å². The second-order valence-electron chi connectivity index (χ2n) is 11.0. The summed E-state index contributed by atoms with van der Waals surface area (Å²) in [7, 11) is 3.11. The molecule has 6 aromatic rings. The topological polar surface area (TPSA) is 107 Å². The number of rotatable bonds is 7. The predicted octanol–water partition coefficient (Wildman–Crippen LogP) is 8.48. The number of nitro groups is 1. The van der Waals surface area contributed by atoms with Crippen molar-refractivity contribution in [3.63, 3.8) is 0 Å². The molecule has 1 atom stereocenters. The number of hydrogen-bond donors (Lipinski definition) is 1. The first-order chi connectivity index (χ1) is 22.4. The van der Waals surface area contributed by atoms with Crippen LogP contribution >= 0.6 is 11.6 Å². The molecule has 0 fully saturated rings. The third kappa shape index (κ3) is 5.04. The molecule has 9 nitrogen and oxygen atoms in total. The number of nitrogens with zero attached hydrogens (tertiary/aromatic N) is 2. The second kappa shape index (κ2) is 11.8. The van der Waals surface area contributed by atoms with Gasteiger partial charge in [-0.05, 0) is 76.9 Å². The summed E-state index contributed by atoms with van der Waals surface area (Å²) in [5.74, 6) is 1.06. The zero-order valence-electron chi connectivity index (χ0n) is 25.0. The van der Waals surface area contributed by atoms with Gasteiger partial charge in [0, 0.05) is 39.8 Å². The first-order valence-electron chi connectivity index (χ1n) is 14.6. The standard InChI is InChI=1S/C36H28ClN3O6/c1-44-24-12-13-29-28(20-24)26-16-17-39(35(34(26)38-29)27-9-5-7-21-6-3-4-8-25(21)27)36(41)22-10-14-32(33(18-22)45-2)46-31-15-11-23(37)19-30(31)40(42)43/h3-15,18-20,35,38H,16-17H2,1-2H3. The number of ether oxygens (including phenoxy) is 3. The van der Waals surface area contributed by atoms with Gasteiger partial charge >= 0.3 is 5.69 Å². The average molecular weight is 634 g/mol. The van der Waals surface area contributed by atoms with Crippen molar-refractivity contribution < 1.29 is 23.9 Å². The Bertz CT molecular complexity index is 2150. The van der Waals surface area contributed by atoms with Gasteiger partial charge in [-0.3, -0.25) is 14.9 Å². The molecule has 0 radical (unpaired) electrons. The minimum atomic E-state index is -0.566. The van der Waals surface area contributed by atoms with E-state index in [4.69, 9.17) is 25.8 Å². The molecule has 0 bridgehead atoms. The third-order valence-corrected chi connectivity index (χ3v) is 8.70.